The zero-order valence-electron chi connectivity index (χ0n) is 12.1. The van der Waals surface area contributed by atoms with Crippen molar-refractivity contribution >= 4 is 50.8 Å². The summed E-state index contributed by atoms with van der Waals surface area (Å²) in [7, 11) is 0. The van der Waals surface area contributed by atoms with E-state index in [2.05, 4.69) is 32.8 Å². The Bertz CT molecular complexity index is 701. The summed E-state index contributed by atoms with van der Waals surface area (Å²) in [5.74, 6) is -0.312. The highest BCUT2D eigenvalue weighted by molar-refractivity contribution is 9.11. The zero-order valence-corrected chi connectivity index (χ0v) is 15.3. The minimum absolute atomic E-state index is 0.242. The molecule has 2 aromatic rings. The number of benzene rings is 1. The van der Waals surface area contributed by atoms with Crippen molar-refractivity contribution in [3.63, 3.8) is 0 Å². The van der Waals surface area contributed by atoms with Crippen molar-refractivity contribution in [2.24, 2.45) is 0 Å². The fourth-order valence-electron chi connectivity index (χ4n) is 1.77. The molecule has 0 radical (unpaired) electrons. The SMILES string of the molecule is Cc1ccc(SCC(=O)NNC(=O)c2ccc(Br)s2)c(C)c1. The van der Waals surface area contributed by atoms with Gasteiger partial charge in [0.05, 0.1) is 14.4 Å². The molecule has 2 amide bonds. The van der Waals surface area contributed by atoms with Crippen molar-refractivity contribution in [3.05, 3.63) is 50.1 Å². The van der Waals surface area contributed by atoms with Crippen LogP contribution < -0.4 is 10.9 Å². The first-order valence-corrected chi connectivity index (χ1v) is 9.10. The average Bonchev–Trinajstić information content (AvgIpc) is 2.90. The highest BCUT2D eigenvalue weighted by atomic mass is 79.9. The van der Waals surface area contributed by atoms with Gasteiger partial charge in [0.25, 0.3) is 5.91 Å². The summed E-state index contributed by atoms with van der Waals surface area (Å²) >= 11 is 6.05. The molecule has 0 atom stereocenters. The summed E-state index contributed by atoms with van der Waals surface area (Å²) in [6, 6.07) is 9.59. The smallest absolute Gasteiger partial charge is 0.272 e. The highest BCUT2D eigenvalue weighted by Gasteiger charge is 2.10. The third-order valence-corrected chi connectivity index (χ3v) is 5.60. The van der Waals surface area contributed by atoms with Crippen LogP contribution in [-0.2, 0) is 4.79 Å². The van der Waals surface area contributed by atoms with Gasteiger partial charge in [-0.1, -0.05) is 17.7 Å². The molecule has 0 spiro atoms. The molecule has 0 saturated carbocycles. The molecule has 0 unspecified atom stereocenters. The van der Waals surface area contributed by atoms with Crippen LogP contribution in [0.15, 0.2) is 39.0 Å². The lowest BCUT2D eigenvalue weighted by Gasteiger charge is -2.08. The number of hydrogen-bond donors (Lipinski definition) is 2. The summed E-state index contributed by atoms with van der Waals surface area (Å²) in [5.41, 5.74) is 7.17. The van der Waals surface area contributed by atoms with Gasteiger partial charge in [-0.25, -0.2) is 0 Å². The van der Waals surface area contributed by atoms with Crippen LogP contribution in [0.5, 0.6) is 0 Å². The molecule has 4 nitrogen and oxygen atoms in total. The third-order valence-electron chi connectivity index (χ3n) is 2.80. The normalized spacial score (nSPS) is 10.3. The van der Waals surface area contributed by atoms with Gasteiger partial charge in [-0.2, -0.15) is 0 Å². The lowest BCUT2D eigenvalue weighted by Crippen LogP contribution is -2.42. The van der Waals surface area contributed by atoms with Gasteiger partial charge in [-0.05, 0) is 53.5 Å². The molecule has 0 aliphatic heterocycles. The second-order valence-electron chi connectivity index (χ2n) is 4.66. The molecule has 1 aromatic heterocycles. The summed E-state index contributed by atoms with van der Waals surface area (Å²) in [6.07, 6.45) is 0. The van der Waals surface area contributed by atoms with Crippen LogP contribution in [0.3, 0.4) is 0 Å². The Labute approximate surface area is 145 Å². The molecule has 1 heterocycles. The van der Waals surface area contributed by atoms with Crippen LogP contribution >= 0.6 is 39.0 Å². The van der Waals surface area contributed by atoms with Gasteiger partial charge in [0.2, 0.25) is 5.91 Å². The molecule has 1 aromatic carbocycles. The molecule has 0 aliphatic carbocycles. The van der Waals surface area contributed by atoms with Crippen molar-refractivity contribution in [1.29, 1.82) is 0 Å². The maximum Gasteiger partial charge on any atom is 0.279 e. The lowest BCUT2D eigenvalue weighted by molar-refractivity contribution is -0.119. The van der Waals surface area contributed by atoms with Gasteiger partial charge < -0.3 is 0 Å². The molecular formula is C15H15BrN2O2S2. The number of thioether (sulfide) groups is 1. The topological polar surface area (TPSA) is 58.2 Å². The fraction of sp³-hybridized carbons (Fsp3) is 0.200. The van der Waals surface area contributed by atoms with Gasteiger partial charge >= 0.3 is 0 Å². The van der Waals surface area contributed by atoms with Crippen LogP contribution in [0.2, 0.25) is 0 Å². The molecule has 0 aliphatic rings. The highest BCUT2D eigenvalue weighted by Crippen LogP contribution is 2.23. The average molecular weight is 399 g/mol. The maximum atomic E-state index is 11.8. The van der Waals surface area contributed by atoms with Crippen LogP contribution in [0.4, 0.5) is 0 Å². The monoisotopic (exact) mass is 398 g/mol. The number of carbonyl (C=O) groups excluding carboxylic acids is 2. The van der Waals surface area contributed by atoms with Crippen molar-refractivity contribution in [2.75, 3.05) is 5.75 Å². The molecule has 2 rings (SSSR count). The summed E-state index contributed by atoms with van der Waals surface area (Å²) in [6.45, 7) is 4.05. The predicted octanol–water partition coefficient (Wildman–Crippen LogP) is 3.68. The summed E-state index contributed by atoms with van der Waals surface area (Å²) in [4.78, 5) is 25.2. The van der Waals surface area contributed by atoms with Crippen LogP contribution in [0.25, 0.3) is 0 Å². The fourth-order valence-corrected chi connectivity index (χ4v) is 3.86. The number of aryl methyl sites for hydroxylation is 2. The van der Waals surface area contributed by atoms with E-state index in [9.17, 15) is 9.59 Å². The summed E-state index contributed by atoms with van der Waals surface area (Å²) < 4.78 is 0.870. The number of halogens is 1. The van der Waals surface area contributed by atoms with E-state index in [0.29, 0.717) is 4.88 Å². The zero-order chi connectivity index (χ0) is 16.1. The minimum atomic E-state index is -0.319. The molecule has 2 N–H and O–H groups in total. The molecule has 22 heavy (non-hydrogen) atoms. The number of thiophene rings is 1. The molecular weight excluding hydrogens is 384 g/mol. The standard InChI is InChI=1S/C15H15BrN2O2S2/c1-9-3-4-11(10(2)7-9)21-8-14(19)17-18-15(20)12-5-6-13(16)22-12/h3-7H,8H2,1-2H3,(H,17,19)(H,18,20). The Kier molecular flexibility index (Phi) is 6.05. The second kappa shape index (κ2) is 7.80. The second-order valence-corrected chi connectivity index (χ2v) is 8.14. The van der Waals surface area contributed by atoms with Crippen LogP contribution in [0.1, 0.15) is 20.8 Å². The first-order chi connectivity index (χ1) is 10.5. The van der Waals surface area contributed by atoms with Crippen LogP contribution in [-0.4, -0.2) is 17.6 Å². The van der Waals surface area contributed by atoms with E-state index in [-0.39, 0.29) is 17.6 Å². The molecule has 7 heteroatoms. The number of nitrogens with one attached hydrogen (secondary N) is 2. The predicted molar refractivity (Wildman–Crippen MR) is 94.3 cm³/mol. The van der Waals surface area contributed by atoms with E-state index in [0.717, 1.165) is 14.2 Å². The first-order valence-electron chi connectivity index (χ1n) is 6.50. The Hall–Kier alpha value is -1.31. The number of rotatable bonds is 4. The Morgan fingerprint density at radius 2 is 1.95 bits per heavy atom. The molecule has 0 fully saturated rings. The van der Waals surface area contributed by atoms with Gasteiger partial charge in [0.15, 0.2) is 0 Å². The first kappa shape index (κ1) is 17.1. The Morgan fingerprint density at radius 1 is 1.18 bits per heavy atom. The van der Waals surface area contributed by atoms with Crippen molar-refractivity contribution in [3.8, 4) is 0 Å². The van der Waals surface area contributed by atoms with Gasteiger partial charge in [0.1, 0.15) is 0 Å². The van der Waals surface area contributed by atoms with Gasteiger partial charge in [-0.3, -0.25) is 20.4 Å². The van der Waals surface area contributed by atoms with E-state index in [1.54, 1.807) is 12.1 Å². The quantitative estimate of drug-likeness (QED) is 0.609. The Morgan fingerprint density at radius 3 is 2.59 bits per heavy atom. The van der Waals surface area contributed by atoms with E-state index in [1.807, 2.05) is 26.0 Å². The third kappa shape index (κ3) is 4.86. The largest absolute Gasteiger partial charge is 0.279 e. The van der Waals surface area contributed by atoms with Crippen LogP contribution in [0, 0.1) is 13.8 Å². The number of amides is 2. The molecule has 0 saturated heterocycles. The molecule has 116 valence electrons. The lowest BCUT2D eigenvalue weighted by atomic mass is 10.2. The number of hydrazine groups is 1. The van der Waals surface area contributed by atoms with E-state index < -0.39 is 0 Å². The number of hydrogen-bond acceptors (Lipinski definition) is 4. The van der Waals surface area contributed by atoms with Crippen molar-refractivity contribution in [1.82, 2.24) is 10.9 Å². The summed E-state index contributed by atoms with van der Waals surface area (Å²) in [5, 5.41) is 0. The van der Waals surface area contributed by atoms with Crippen molar-refractivity contribution < 1.29 is 9.59 Å². The number of carbonyl (C=O) groups is 2. The van der Waals surface area contributed by atoms with E-state index in [1.165, 1.54) is 28.7 Å². The van der Waals surface area contributed by atoms with Gasteiger partial charge in [0, 0.05) is 4.90 Å². The minimum Gasteiger partial charge on any atom is -0.272 e. The maximum absolute atomic E-state index is 11.8. The Balaban J connectivity index is 1.79. The van der Waals surface area contributed by atoms with E-state index >= 15 is 0 Å². The van der Waals surface area contributed by atoms with Crippen molar-refractivity contribution in [2.45, 2.75) is 18.7 Å². The molecule has 0 bridgehead atoms. The van der Waals surface area contributed by atoms with Gasteiger partial charge in [-0.15, -0.1) is 23.1 Å². The van der Waals surface area contributed by atoms with E-state index in [4.69, 9.17) is 0 Å².